The van der Waals surface area contributed by atoms with Crippen LogP contribution in [0.1, 0.15) is 41.5 Å². The van der Waals surface area contributed by atoms with Gasteiger partial charge in [-0.05, 0) is 29.9 Å². The molecular weight excluding hydrogens is 802 g/mol. The molecule has 2 heterocycles. The van der Waals surface area contributed by atoms with E-state index in [-0.39, 0.29) is 39.4 Å². The monoisotopic (exact) mass is 836 g/mol. The average molecular weight is 837 g/mol. The van der Waals surface area contributed by atoms with Crippen LogP contribution >= 0.6 is 36.7 Å². The number of hydrogen-bond acceptors (Lipinski definition) is 11. The summed E-state index contributed by atoms with van der Waals surface area (Å²) in [5.74, 6) is 1.53. The Balaban J connectivity index is 0. The van der Waals surface area contributed by atoms with Gasteiger partial charge in [-0.25, -0.2) is 0 Å². The van der Waals surface area contributed by atoms with Crippen molar-refractivity contribution in [1.82, 2.24) is 9.97 Å². The molecule has 0 fully saturated rings. The molecule has 0 saturated heterocycles. The number of ether oxygens (including phenoxy) is 3. The van der Waals surface area contributed by atoms with Crippen molar-refractivity contribution in [3.8, 4) is 0 Å². The standard InChI is InChI=1S/C12H8N2.3C5H10OS2.Bi/c1-3-9-5-6-10-4-2-8-14-12(10)11(9)13-7-1;3*1-4(2)3-6-5(7)8;/h1-8H;3*4H,3H2,1-2H3,(H,7,8);/q;;;;+3/p-3. The normalized spacial score (nSPS) is 9.67. The SMILES string of the molecule is CC(C)COC(=S)[S-].CC(C)COC(=S)[S-].CC(C)COC(=S)[S-].[Bi+3].c1cnc2c(c1)ccc1cccnc12. The van der Waals surface area contributed by atoms with E-state index in [4.69, 9.17) is 14.2 Å². The summed E-state index contributed by atoms with van der Waals surface area (Å²) in [6.07, 6.45) is 3.60. The number of fused-ring (bicyclic) bond motifs is 3. The van der Waals surface area contributed by atoms with Gasteiger partial charge >= 0.3 is 26.2 Å². The maximum Gasteiger partial charge on any atom is 3.00 e. The molecule has 3 aromatic rings. The van der Waals surface area contributed by atoms with Crippen molar-refractivity contribution in [2.24, 2.45) is 17.8 Å². The van der Waals surface area contributed by atoms with Crippen LogP contribution in [0, 0.1) is 17.8 Å². The van der Waals surface area contributed by atoms with Gasteiger partial charge in [0.05, 0.1) is 30.9 Å². The van der Waals surface area contributed by atoms with Crippen LogP contribution in [0.4, 0.5) is 0 Å². The summed E-state index contributed by atoms with van der Waals surface area (Å²) in [7, 11) is 0. The van der Waals surface area contributed by atoms with Gasteiger partial charge in [0, 0.05) is 36.3 Å². The molecule has 39 heavy (non-hydrogen) atoms. The summed E-state index contributed by atoms with van der Waals surface area (Å²) in [6.45, 7) is 14.2. The summed E-state index contributed by atoms with van der Waals surface area (Å²) in [6, 6.07) is 12.1. The van der Waals surface area contributed by atoms with Crippen molar-refractivity contribution in [3.63, 3.8) is 0 Å². The Morgan fingerprint density at radius 3 is 1.10 bits per heavy atom. The molecule has 0 unspecified atom stereocenters. The van der Waals surface area contributed by atoms with E-state index in [1.807, 2.05) is 53.7 Å². The first-order chi connectivity index (χ1) is 17.8. The fourth-order valence-corrected chi connectivity index (χ4v) is 2.79. The van der Waals surface area contributed by atoms with Gasteiger partial charge in [0.15, 0.2) is 0 Å². The predicted octanol–water partition coefficient (Wildman–Crippen LogP) is 6.87. The molecule has 0 spiro atoms. The van der Waals surface area contributed by atoms with E-state index in [1.54, 1.807) is 12.4 Å². The molecule has 0 aliphatic carbocycles. The topological polar surface area (TPSA) is 53.5 Å². The maximum absolute atomic E-state index is 4.85. The van der Waals surface area contributed by atoms with Gasteiger partial charge in [0.1, 0.15) is 0 Å². The molecule has 0 bridgehead atoms. The number of aromatic nitrogens is 2. The van der Waals surface area contributed by atoms with Crippen LogP contribution in [0.25, 0.3) is 21.8 Å². The van der Waals surface area contributed by atoms with Crippen LogP contribution in [0.5, 0.6) is 0 Å². The number of pyridine rings is 2. The van der Waals surface area contributed by atoms with E-state index in [0.29, 0.717) is 37.6 Å². The molecule has 1 aromatic carbocycles. The van der Waals surface area contributed by atoms with Gasteiger partial charge in [0.2, 0.25) is 0 Å². The molecule has 212 valence electrons. The van der Waals surface area contributed by atoms with Crippen molar-refractivity contribution in [2.75, 3.05) is 19.8 Å². The van der Waals surface area contributed by atoms with Crippen LogP contribution < -0.4 is 0 Å². The van der Waals surface area contributed by atoms with Crippen molar-refractivity contribution in [3.05, 3.63) is 48.8 Å². The van der Waals surface area contributed by atoms with Gasteiger partial charge in [0.25, 0.3) is 0 Å². The Bertz CT molecular complexity index is 1030. The van der Waals surface area contributed by atoms with Crippen molar-refractivity contribution < 1.29 is 14.2 Å². The molecule has 0 N–H and O–H groups in total. The number of rotatable bonds is 6. The first-order valence-corrected chi connectivity index (χ1v) is 14.4. The maximum atomic E-state index is 4.85. The molecule has 0 aliphatic heterocycles. The predicted molar refractivity (Wildman–Crippen MR) is 185 cm³/mol. The molecule has 0 amide bonds. The average Bonchev–Trinajstić information content (AvgIpc) is 2.86. The van der Waals surface area contributed by atoms with Gasteiger partial charge < -0.3 is 88.8 Å². The molecule has 2 radical (unpaired) electrons. The molecule has 0 saturated carbocycles. The minimum atomic E-state index is 0. The number of hydrogen-bond donors (Lipinski definition) is 0. The Labute approximate surface area is 285 Å². The van der Waals surface area contributed by atoms with Crippen LogP contribution in [0.15, 0.2) is 48.8 Å². The van der Waals surface area contributed by atoms with Crippen LogP contribution in [0.2, 0.25) is 0 Å². The summed E-state index contributed by atoms with van der Waals surface area (Å²) >= 11 is 27.0. The third-order valence-corrected chi connectivity index (χ3v) is 4.66. The Morgan fingerprint density at radius 2 is 0.897 bits per heavy atom. The molecule has 12 heteroatoms. The smallest absolute Gasteiger partial charge is 0.513 e. The summed E-state index contributed by atoms with van der Waals surface area (Å²) < 4.78 is 15.2. The molecule has 3 rings (SSSR count). The molecular formula is C27H35BiN2O3S6. The molecule has 0 aliphatic rings. The van der Waals surface area contributed by atoms with E-state index < -0.39 is 0 Å². The van der Waals surface area contributed by atoms with Gasteiger partial charge in [-0.15, -0.1) is 0 Å². The molecule has 5 nitrogen and oxygen atoms in total. The number of nitrogens with zero attached hydrogens (tertiary/aromatic N) is 2. The molecule has 2 aromatic heterocycles. The molecule has 0 atom stereocenters. The zero-order valence-corrected chi connectivity index (χ0v) is 31.4. The second-order valence-corrected chi connectivity index (χ2v) is 12.1. The van der Waals surface area contributed by atoms with Gasteiger partial charge in [-0.1, -0.05) is 65.8 Å². The summed E-state index contributed by atoms with van der Waals surface area (Å²) in [5.41, 5.74) is 1.95. The largest absolute Gasteiger partial charge is 3.00 e. The number of thiocarbonyl (C=S) groups is 3. The third kappa shape index (κ3) is 22.6. The van der Waals surface area contributed by atoms with E-state index in [0.717, 1.165) is 21.8 Å². The minimum Gasteiger partial charge on any atom is -0.513 e. The van der Waals surface area contributed by atoms with E-state index in [9.17, 15) is 0 Å². The van der Waals surface area contributed by atoms with Crippen molar-refractivity contribution in [1.29, 1.82) is 0 Å². The Hall–Kier alpha value is -0.747. The Morgan fingerprint density at radius 1 is 0.615 bits per heavy atom. The quantitative estimate of drug-likeness (QED) is 0.113. The van der Waals surface area contributed by atoms with E-state index in [1.165, 1.54) is 0 Å². The first-order valence-electron chi connectivity index (χ1n) is 11.9. The van der Waals surface area contributed by atoms with Gasteiger partial charge in [-0.2, -0.15) is 0 Å². The van der Waals surface area contributed by atoms with Crippen molar-refractivity contribution in [2.45, 2.75) is 41.5 Å². The second-order valence-electron chi connectivity index (χ2n) is 9.08. The zero-order chi connectivity index (χ0) is 29.1. The van der Waals surface area contributed by atoms with Crippen LogP contribution in [-0.2, 0) is 52.1 Å². The summed E-state index contributed by atoms with van der Waals surface area (Å²) in [5, 5.41) is 2.28. The van der Waals surface area contributed by atoms with E-state index in [2.05, 4.69) is 109 Å². The van der Waals surface area contributed by atoms with Crippen molar-refractivity contribution >= 4 is 136 Å². The first kappa shape index (κ1) is 40.4. The second kappa shape index (κ2) is 23.9. The van der Waals surface area contributed by atoms with Crippen LogP contribution in [0.3, 0.4) is 0 Å². The van der Waals surface area contributed by atoms with Crippen LogP contribution in [-0.4, -0.2) is 69.1 Å². The zero-order valence-electron chi connectivity index (χ0n) is 23.0. The van der Waals surface area contributed by atoms with Gasteiger partial charge in [-0.3, -0.25) is 9.97 Å². The third-order valence-electron chi connectivity index (χ3n) is 3.95. The fourth-order valence-electron chi connectivity index (χ4n) is 2.38. The number of benzene rings is 1. The summed E-state index contributed by atoms with van der Waals surface area (Å²) in [4.78, 5) is 8.69. The fraction of sp³-hybridized carbons (Fsp3) is 0.444. The van der Waals surface area contributed by atoms with E-state index >= 15 is 0 Å². The minimum absolute atomic E-state index is 0. The Kier molecular flexibility index (Phi) is 24.8.